The highest BCUT2D eigenvalue weighted by atomic mass is 32.1. The minimum Gasteiger partial charge on any atom is -0.483 e. The van der Waals surface area contributed by atoms with Crippen LogP contribution in [0.5, 0.6) is 0 Å². The summed E-state index contributed by atoms with van der Waals surface area (Å²) >= 11 is 1.45. The normalized spacial score (nSPS) is 9.57. The fourth-order valence-electron chi connectivity index (χ4n) is 1.83. The average molecular weight is 336 g/mol. The van der Waals surface area contributed by atoms with Gasteiger partial charge >= 0.3 is 0 Å². The summed E-state index contributed by atoms with van der Waals surface area (Å²) < 4.78 is 0. The summed E-state index contributed by atoms with van der Waals surface area (Å²) in [5, 5.41) is 12.4. The van der Waals surface area contributed by atoms with Crippen molar-refractivity contribution in [1.29, 1.82) is 0 Å². The van der Waals surface area contributed by atoms with Gasteiger partial charge in [-0.2, -0.15) is 0 Å². The molecule has 2 aromatic heterocycles. The van der Waals surface area contributed by atoms with Crippen molar-refractivity contribution >= 4 is 28.8 Å². The third-order valence-electron chi connectivity index (χ3n) is 2.86. The Morgan fingerprint density at radius 1 is 1.43 bits per heavy atom. The van der Waals surface area contributed by atoms with E-state index in [-0.39, 0.29) is 12.4 Å². The Morgan fingerprint density at radius 2 is 2.22 bits per heavy atom. The Hall–Kier alpha value is -2.48. The third kappa shape index (κ3) is 8.52. The van der Waals surface area contributed by atoms with E-state index in [9.17, 15) is 4.79 Å². The first-order chi connectivity index (χ1) is 11.2. The second-order valence-electron chi connectivity index (χ2n) is 4.60. The van der Waals surface area contributed by atoms with Gasteiger partial charge in [-0.3, -0.25) is 14.6 Å². The van der Waals surface area contributed by atoms with Gasteiger partial charge in [0, 0.05) is 30.7 Å². The first kappa shape index (κ1) is 18.6. The average Bonchev–Trinajstić information content (AvgIpc) is 2.97. The van der Waals surface area contributed by atoms with E-state index in [1.54, 1.807) is 12.4 Å². The van der Waals surface area contributed by atoms with Crippen molar-refractivity contribution in [3.8, 4) is 0 Å². The van der Waals surface area contributed by atoms with E-state index in [0.29, 0.717) is 18.1 Å². The van der Waals surface area contributed by atoms with Crippen LogP contribution in [0.25, 0.3) is 0 Å². The molecule has 0 aliphatic heterocycles. The highest BCUT2D eigenvalue weighted by molar-refractivity contribution is 7.13. The molecule has 0 bridgehead atoms. The quantitative estimate of drug-likeness (QED) is 0.521. The van der Waals surface area contributed by atoms with Crippen molar-refractivity contribution in [3.05, 3.63) is 41.2 Å². The molecule has 7 nitrogen and oxygen atoms in total. The van der Waals surface area contributed by atoms with E-state index in [1.807, 2.05) is 17.5 Å². The number of hydrogen-bond donors (Lipinski definition) is 3. The standard InChI is InChI=1S/C14H18N4OS.CH2O2/c15-14-18-12(10-20-14)4-2-8-17-13(19)6-5-11-3-1-7-16-9-11;2-1-3/h1,3,7,9-10H,2,4-6,8H2,(H2,15,18)(H,17,19);1H,(H,2,3). The van der Waals surface area contributed by atoms with Crippen LogP contribution in [0.3, 0.4) is 0 Å². The molecule has 2 aromatic rings. The molecule has 0 fully saturated rings. The predicted octanol–water partition coefficient (Wildman–Crippen LogP) is 1.50. The molecule has 4 N–H and O–H groups in total. The van der Waals surface area contributed by atoms with Crippen LogP contribution in [0.2, 0.25) is 0 Å². The van der Waals surface area contributed by atoms with Crippen LogP contribution in [0.4, 0.5) is 5.13 Å². The number of aromatic nitrogens is 2. The molecule has 0 aliphatic rings. The smallest absolute Gasteiger partial charge is 0.290 e. The van der Waals surface area contributed by atoms with Gasteiger partial charge in [0.05, 0.1) is 5.69 Å². The topological polar surface area (TPSA) is 118 Å². The Bertz CT molecular complexity index is 589. The van der Waals surface area contributed by atoms with Crippen LogP contribution >= 0.6 is 11.3 Å². The lowest BCUT2D eigenvalue weighted by atomic mass is 10.1. The lowest BCUT2D eigenvalue weighted by Gasteiger charge is -2.04. The van der Waals surface area contributed by atoms with E-state index in [2.05, 4.69) is 15.3 Å². The van der Waals surface area contributed by atoms with E-state index in [1.165, 1.54) is 11.3 Å². The van der Waals surface area contributed by atoms with Crippen LogP contribution in [0.15, 0.2) is 29.9 Å². The van der Waals surface area contributed by atoms with Gasteiger partial charge in [-0.15, -0.1) is 11.3 Å². The zero-order valence-electron chi connectivity index (χ0n) is 12.6. The van der Waals surface area contributed by atoms with Crippen LogP contribution in [-0.2, 0) is 22.4 Å². The van der Waals surface area contributed by atoms with Crippen molar-refractivity contribution in [2.45, 2.75) is 25.7 Å². The Balaban J connectivity index is 0.000000816. The van der Waals surface area contributed by atoms with Crippen molar-refractivity contribution in [3.63, 3.8) is 0 Å². The monoisotopic (exact) mass is 336 g/mol. The highest BCUT2D eigenvalue weighted by Gasteiger charge is 2.03. The number of aryl methyl sites for hydroxylation is 2. The second-order valence-corrected chi connectivity index (χ2v) is 5.49. The van der Waals surface area contributed by atoms with Crippen LogP contribution in [0, 0.1) is 0 Å². The molecule has 0 saturated heterocycles. The maximum atomic E-state index is 11.7. The summed E-state index contributed by atoms with van der Waals surface area (Å²) in [6.45, 7) is 0.420. The second kappa shape index (κ2) is 11.1. The zero-order chi connectivity index (χ0) is 16.9. The van der Waals surface area contributed by atoms with Gasteiger partial charge in [0.1, 0.15) is 0 Å². The lowest BCUT2D eigenvalue weighted by molar-refractivity contribution is -0.123. The molecular formula is C15H20N4O3S. The number of pyridine rings is 1. The first-order valence-electron chi connectivity index (χ1n) is 7.09. The van der Waals surface area contributed by atoms with Crippen LogP contribution in [-0.4, -0.2) is 34.0 Å². The maximum absolute atomic E-state index is 11.7. The molecule has 8 heteroatoms. The van der Waals surface area contributed by atoms with Crippen molar-refractivity contribution in [2.75, 3.05) is 12.3 Å². The van der Waals surface area contributed by atoms with Crippen LogP contribution in [0.1, 0.15) is 24.1 Å². The van der Waals surface area contributed by atoms with Crippen LogP contribution < -0.4 is 11.1 Å². The molecule has 23 heavy (non-hydrogen) atoms. The van der Waals surface area contributed by atoms with Crippen molar-refractivity contribution in [1.82, 2.24) is 15.3 Å². The number of carbonyl (C=O) groups is 2. The van der Waals surface area contributed by atoms with E-state index >= 15 is 0 Å². The lowest BCUT2D eigenvalue weighted by Crippen LogP contribution is -2.25. The maximum Gasteiger partial charge on any atom is 0.290 e. The molecule has 0 atom stereocenters. The van der Waals surface area contributed by atoms with Gasteiger partial charge in [-0.1, -0.05) is 6.07 Å². The van der Waals surface area contributed by atoms with Gasteiger partial charge in [0.25, 0.3) is 6.47 Å². The zero-order valence-corrected chi connectivity index (χ0v) is 13.5. The van der Waals surface area contributed by atoms with Crippen molar-refractivity contribution in [2.24, 2.45) is 0 Å². The first-order valence-corrected chi connectivity index (χ1v) is 7.97. The number of hydrogen-bond acceptors (Lipinski definition) is 6. The number of nitrogens with zero attached hydrogens (tertiary/aromatic N) is 2. The number of carbonyl (C=O) groups excluding carboxylic acids is 1. The molecular weight excluding hydrogens is 316 g/mol. The molecule has 0 spiro atoms. The number of nitrogens with two attached hydrogens (primary N) is 1. The molecule has 2 rings (SSSR count). The minimum absolute atomic E-state index is 0.0756. The summed E-state index contributed by atoms with van der Waals surface area (Å²) in [6.07, 6.45) is 6.46. The fourth-order valence-corrected chi connectivity index (χ4v) is 2.42. The SMILES string of the molecule is Nc1nc(CCCNC(=O)CCc2cccnc2)cs1.O=CO. The van der Waals surface area contributed by atoms with E-state index in [4.69, 9.17) is 15.6 Å². The summed E-state index contributed by atoms with van der Waals surface area (Å²) in [7, 11) is 0. The summed E-state index contributed by atoms with van der Waals surface area (Å²) in [4.78, 5) is 28.2. The molecule has 0 radical (unpaired) electrons. The van der Waals surface area contributed by atoms with Crippen molar-refractivity contribution < 1.29 is 14.7 Å². The number of nitrogen functional groups attached to an aromatic ring is 1. The molecule has 124 valence electrons. The number of anilines is 1. The van der Waals surface area contributed by atoms with E-state index < -0.39 is 0 Å². The molecule has 0 aromatic carbocycles. The molecule has 2 heterocycles. The van der Waals surface area contributed by atoms with Gasteiger partial charge in [-0.05, 0) is 30.9 Å². The number of thiazole rings is 1. The summed E-state index contributed by atoms with van der Waals surface area (Å²) in [5.74, 6) is 0.0756. The number of amides is 1. The largest absolute Gasteiger partial charge is 0.483 e. The summed E-state index contributed by atoms with van der Waals surface area (Å²) in [5.41, 5.74) is 7.64. The Kier molecular flexibility index (Phi) is 8.99. The number of carboxylic acid groups (broad SMARTS) is 1. The Morgan fingerprint density at radius 3 is 2.83 bits per heavy atom. The third-order valence-corrected chi connectivity index (χ3v) is 3.59. The van der Waals surface area contributed by atoms with Gasteiger partial charge in [0.15, 0.2) is 5.13 Å². The summed E-state index contributed by atoms with van der Waals surface area (Å²) in [6, 6.07) is 3.86. The fraction of sp³-hybridized carbons (Fsp3) is 0.333. The molecule has 0 saturated carbocycles. The van der Waals surface area contributed by atoms with Gasteiger partial charge in [0.2, 0.25) is 5.91 Å². The number of nitrogens with one attached hydrogen (secondary N) is 1. The predicted molar refractivity (Wildman–Crippen MR) is 89.1 cm³/mol. The molecule has 1 amide bonds. The number of rotatable bonds is 7. The molecule has 0 unspecified atom stereocenters. The Labute approximate surface area is 138 Å². The van der Waals surface area contributed by atoms with E-state index in [0.717, 1.165) is 30.5 Å². The highest BCUT2D eigenvalue weighted by Crippen LogP contribution is 2.12. The molecule has 0 aliphatic carbocycles. The van der Waals surface area contributed by atoms with Gasteiger partial charge < -0.3 is 16.2 Å². The minimum atomic E-state index is -0.250. The van der Waals surface area contributed by atoms with Gasteiger partial charge in [-0.25, -0.2) is 4.98 Å².